The van der Waals surface area contributed by atoms with Gasteiger partial charge in [0.05, 0.1) is 0 Å². The van der Waals surface area contributed by atoms with Gasteiger partial charge in [-0.2, -0.15) is 0 Å². The summed E-state index contributed by atoms with van der Waals surface area (Å²) in [6, 6.07) is 5.29. The van der Waals surface area contributed by atoms with E-state index in [4.69, 9.17) is 5.73 Å². The Labute approximate surface area is 127 Å². The van der Waals surface area contributed by atoms with Crippen molar-refractivity contribution in [2.75, 3.05) is 13.1 Å². The lowest BCUT2D eigenvalue weighted by Crippen LogP contribution is -2.43. The second-order valence-corrected chi connectivity index (χ2v) is 7.87. The Morgan fingerprint density at radius 2 is 1.95 bits per heavy atom. The molecule has 112 valence electrons. The molecule has 0 spiro atoms. The smallest absolute Gasteiger partial charge is 0.0331 e. The quantitative estimate of drug-likeness (QED) is 0.803. The molecule has 2 saturated carbocycles. The van der Waals surface area contributed by atoms with Crippen molar-refractivity contribution in [3.05, 3.63) is 22.4 Å². The molecule has 1 aromatic rings. The highest BCUT2D eigenvalue weighted by Gasteiger charge is 2.37. The van der Waals surface area contributed by atoms with Gasteiger partial charge >= 0.3 is 0 Å². The van der Waals surface area contributed by atoms with Crippen molar-refractivity contribution in [2.24, 2.45) is 11.1 Å². The predicted molar refractivity (Wildman–Crippen MR) is 86.9 cm³/mol. The summed E-state index contributed by atoms with van der Waals surface area (Å²) >= 11 is 1.90. The van der Waals surface area contributed by atoms with Crippen LogP contribution in [0.2, 0.25) is 0 Å². The normalized spacial score (nSPS) is 22.9. The molecular weight excluding hydrogens is 264 g/mol. The highest BCUT2D eigenvalue weighted by atomic mass is 32.1. The molecule has 2 N–H and O–H groups in total. The van der Waals surface area contributed by atoms with Gasteiger partial charge in [0.1, 0.15) is 0 Å². The van der Waals surface area contributed by atoms with Crippen LogP contribution in [0.15, 0.2) is 17.5 Å². The van der Waals surface area contributed by atoms with Gasteiger partial charge in [0.25, 0.3) is 0 Å². The van der Waals surface area contributed by atoms with E-state index in [1.54, 1.807) is 0 Å². The average Bonchev–Trinajstić information content (AvgIpc) is 3.23. The molecule has 2 fully saturated rings. The zero-order valence-electron chi connectivity index (χ0n) is 12.5. The summed E-state index contributed by atoms with van der Waals surface area (Å²) in [5, 5.41) is 2.20. The molecule has 0 atom stereocenters. The van der Waals surface area contributed by atoms with Crippen LogP contribution in [-0.4, -0.2) is 24.0 Å². The SMILES string of the molecule is NCC1(CN(Cc2cccs2)C2CC2)CCCCCC1. The third kappa shape index (κ3) is 3.63. The molecule has 2 aliphatic carbocycles. The third-order valence-corrected chi connectivity index (χ3v) is 6.00. The van der Waals surface area contributed by atoms with Gasteiger partial charge < -0.3 is 5.73 Å². The topological polar surface area (TPSA) is 29.3 Å². The standard InChI is InChI=1S/C17H28N2S/c18-13-17(9-3-1-2-4-10-17)14-19(15-7-8-15)12-16-6-5-11-20-16/h5-6,11,15H,1-4,7-10,12-14,18H2. The van der Waals surface area contributed by atoms with Crippen molar-refractivity contribution in [1.82, 2.24) is 4.90 Å². The van der Waals surface area contributed by atoms with Crippen molar-refractivity contribution < 1.29 is 0 Å². The first kappa shape index (κ1) is 14.6. The minimum Gasteiger partial charge on any atom is -0.330 e. The summed E-state index contributed by atoms with van der Waals surface area (Å²) in [6.07, 6.45) is 11.1. The number of nitrogens with two attached hydrogens (primary N) is 1. The first-order chi connectivity index (χ1) is 9.81. The van der Waals surface area contributed by atoms with E-state index in [0.717, 1.165) is 19.1 Å². The van der Waals surface area contributed by atoms with E-state index in [2.05, 4.69) is 22.4 Å². The van der Waals surface area contributed by atoms with Crippen molar-refractivity contribution in [3.8, 4) is 0 Å². The third-order valence-electron chi connectivity index (χ3n) is 5.14. The zero-order valence-corrected chi connectivity index (χ0v) is 13.3. The summed E-state index contributed by atoms with van der Waals surface area (Å²) in [7, 11) is 0. The predicted octanol–water partition coefficient (Wildman–Crippen LogP) is 4.01. The van der Waals surface area contributed by atoms with E-state index < -0.39 is 0 Å². The van der Waals surface area contributed by atoms with E-state index in [1.807, 2.05) is 11.3 Å². The van der Waals surface area contributed by atoms with Crippen LogP contribution in [0.25, 0.3) is 0 Å². The maximum Gasteiger partial charge on any atom is 0.0331 e. The average molecular weight is 292 g/mol. The number of hydrogen-bond donors (Lipinski definition) is 1. The maximum absolute atomic E-state index is 6.23. The van der Waals surface area contributed by atoms with E-state index in [-0.39, 0.29) is 0 Å². The van der Waals surface area contributed by atoms with Crippen LogP contribution in [0.5, 0.6) is 0 Å². The molecule has 1 heterocycles. The van der Waals surface area contributed by atoms with Gasteiger partial charge in [-0.3, -0.25) is 4.90 Å². The fraction of sp³-hybridized carbons (Fsp3) is 0.765. The molecule has 0 aliphatic heterocycles. The maximum atomic E-state index is 6.23. The monoisotopic (exact) mass is 292 g/mol. The highest BCUT2D eigenvalue weighted by Crippen LogP contribution is 2.38. The first-order valence-corrected chi connectivity index (χ1v) is 9.16. The summed E-state index contributed by atoms with van der Waals surface area (Å²) in [4.78, 5) is 4.25. The molecular formula is C17H28N2S. The van der Waals surface area contributed by atoms with E-state index in [0.29, 0.717) is 5.41 Å². The molecule has 3 rings (SSSR count). The molecule has 20 heavy (non-hydrogen) atoms. The Bertz CT molecular complexity index is 389. The van der Waals surface area contributed by atoms with Gasteiger partial charge in [-0.25, -0.2) is 0 Å². The van der Waals surface area contributed by atoms with Crippen LogP contribution < -0.4 is 5.73 Å². The second-order valence-electron chi connectivity index (χ2n) is 6.83. The van der Waals surface area contributed by atoms with Crippen LogP contribution >= 0.6 is 11.3 Å². The molecule has 3 heteroatoms. The van der Waals surface area contributed by atoms with Gasteiger partial charge in [-0.1, -0.05) is 31.7 Å². The number of nitrogens with zero attached hydrogens (tertiary/aromatic N) is 1. The fourth-order valence-corrected chi connectivity index (χ4v) is 4.42. The Kier molecular flexibility index (Phi) is 4.79. The van der Waals surface area contributed by atoms with Gasteiger partial charge in [0.2, 0.25) is 0 Å². The molecule has 0 bridgehead atoms. The summed E-state index contributed by atoms with van der Waals surface area (Å²) in [6.45, 7) is 3.25. The Hall–Kier alpha value is -0.380. The highest BCUT2D eigenvalue weighted by molar-refractivity contribution is 7.09. The number of hydrogen-bond acceptors (Lipinski definition) is 3. The molecule has 2 nitrogen and oxygen atoms in total. The minimum absolute atomic E-state index is 0.399. The lowest BCUT2D eigenvalue weighted by atomic mass is 9.79. The number of rotatable bonds is 6. The van der Waals surface area contributed by atoms with Gasteiger partial charge in [-0.05, 0) is 49.1 Å². The van der Waals surface area contributed by atoms with Crippen LogP contribution in [0, 0.1) is 5.41 Å². The fourth-order valence-electron chi connectivity index (χ4n) is 3.69. The summed E-state index contributed by atoms with van der Waals surface area (Å²) in [5.74, 6) is 0. The molecule has 1 aromatic heterocycles. The van der Waals surface area contributed by atoms with Crippen LogP contribution in [-0.2, 0) is 6.54 Å². The zero-order chi connectivity index (χ0) is 13.8. The molecule has 0 unspecified atom stereocenters. The molecule has 2 aliphatic rings. The summed E-state index contributed by atoms with van der Waals surface area (Å²) < 4.78 is 0. The second kappa shape index (κ2) is 6.59. The lowest BCUT2D eigenvalue weighted by molar-refractivity contribution is 0.124. The van der Waals surface area contributed by atoms with Crippen LogP contribution in [0.4, 0.5) is 0 Å². The Balaban J connectivity index is 1.67. The Morgan fingerprint density at radius 1 is 1.20 bits per heavy atom. The van der Waals surface area contributed by atoms with Crippen LogP contribution in [0.1, 0.15) is 56.2 Å². The molecule has 0 saturated heterocycles. The largest absolute Gasteiger partial charge is 0.330 e. The van der Waals surface area contributed by atoms with Gasteiger partial charge in [-0.15, -0.1) is 11.3 Å². The van der Waals surface area contributed by atoms with E-state index >= 15 is 0 Å². The molecule has 0 aromatic carbocycles. The van der Waals surface area contributed by atoms with Gasteiger partial charge in [0, 0.05) is 24.0 Å². The van der Waals surface area contributed by atoms with Crippen molar-refractivity contribution in [1.29, 1.82) is 0 Å². The lowest BCUT2D eigenvalue weighted by Gasteiger charge is -2.37. The first-order valence-electron chi connectivity index (χ1n) is 8.28. The van der Waals surface area contributed by atoms with E-state index in [1.165, 1.54) is 62.8 Å². The number of thiophene rings is 1. The summed E-state index contributed by atoms with van der Waals surface area (Å²) in [5.41, 5.74) is 6.63. The van der Waals surface area contributed by atoms with Gasteiger partial charge in [0.15, 0.2) is 0 Å². The molecule has 0 amide bonds. The van der Waals surface area contributed by atoms with Crippen molar-refractivity contribution in [3.63, 3.8) is 0 Å². The van der Waals surface area contributed by atoms with E-state index in [9.17, 15) is 0 Å². The van der Waals surface area contributed by atoms with Crippen LogP contribution in [0.3, 0.4) is 0 Å². The Morgan fingerprint density at radius 3 is 2.50 bits per heavy atom. The molecule has 0 radical (unpaired) electrons. The van der Waals surface area contributed by atoms with Crippen molar-refractivity contribution >= 4 is 11.3 Å². The minimum atomic E-state index is 0.399. The van der Waals surface area contributed by atoms with Crippen molar-refractivity contribution in [2.45, 2.75) is 64.0 Å².